The molecule has 0 aliphatic carbocycles. The van der Waals surface area contributed by atoms with Gasteiger partial charge in [0.15, 0.2) is 0 Å². The van der Waals surface area contributed by atoms with Crippen LogP contribution in [-0.4, -0.2) is 58.8 Å². The summed E-state index contributed by atoms with van der Waals surface area (Å²) in [5.41, 5.74) is 1.61. The first-order chi connectivity index (χ1) is 13.7. The molecule has 2 amide bonds. The molecule has 0 saturated carbocycles. The quantitative estimate of drug-likeness (QED) is 0.880. The molecular weight excluding hydrogens is 354 g/mol. The van der Waals surface area contributed by atoms with Gasteiger partial charge in [0.25, 0.3) is 0 Å². The molecule has 2 saturated heterocycles. The Hall–Kier alpha value is -2.98. The van der Waals surface area contributed by atoms with Crippen molar-refractivity contribution in [2.45, 2.75) is 25.3 Å². The minimum absolute atomic E-state index is 0.00904. The van der Waals surface area contributed by atoms with Crippen molar-refractivity contribution in [2.24, 2.45) is 5.92 Å². The van der Waals surface area contributed by atoms with E-state index >= 15 is 0 Å². The number of nitrogens with zero attached hydrogens (tertiary/aromatic N) is 4. The Morgan fingerprint density at radius 3 is 2.93 bits per heavy atom. The maximum Gasteiger partial charge on any atom is 0.237 e. The Labute approximate surface area is 163 Å². The second kappa shape index (κ2) is 7.95. The highest BCUT2D eigenvalue weighted by Gasteiger charge is 2.33. The molecule has 2 aliphatic rings. The van der Waals surface area contributed by atoms with Crippen LogP contribution in [0.4, 0.5) is 5.69 Å². The van der Waals surface area contributed by atoms with E-state index < -0.39 is 0 Å². The van der Waals surface area contributed by atoms with Crippen LogP contribution in [0.5, 0.6) is 0 Å². The summed E-state index contributed by atoms with van der Waals surface area (Å²) in [4.78, 5) is 33.3. The van der Waals surface area contributed by atoms with Gasteiger partial charge in [0.05, 0.1) is 29.7 Å². The molecule has 2 aliphatic heterocycles. The maximum atomic E-state index is 12.7. The van der Waals surface area contributed by atoms with Crippen molar-refractivity contribution in [1.82, 2.24) is 14.8 Å². The number of anilines is 1. The molecule has 144 valence electrons. The van der Waals surface area contributed by atoms with E-state index in [1.807, 2.05) is 35.2 Å². The second-order valence-corrected chi connectivity index (χ2v) is 7.46. The van der Waals surface area contributed by atoms with E-state index in [0.717, 1.165) is 35.9 Å². The van der Waals surface area contributed by atoms with Gasteiger partial charge in [0, 0.05) is 24.7 Å². The fourth-order valence-electron chi connectivity index (χ4n) is 4.11. The number of benzene rings is 1. The van der Waals surface area contributed by atoms with Crippen molar-refractivity contribution < 1.29 is 9.59 Å². The van der Waals surface area contributed by atoms with Gasteiger partial charge >= 0.3 is 0 Å². The van der Waals surface area contributed by atoms with E-state index in [9.17, 15) is 9.59 Å². The van der Waals surface area contributed by atoms with Crippen LogP contribution < -0.4 is 5.32 Å². The Morgan fingerprint density at radius 1 is 1.21 bits per heavy atom. The molecule has 2 atom stereocenters. The molecule has 0 radical (unpaired) electrons. The summed E-state index contributed by atoms with van der Waals surface area (Å²) in [5.74, 6) is -0.183. The number of para-hydroxylation sites is 1. The molecule has 1 aromatic heterocycles. The van der Waals surface area contributed by atoms with E-state index in [0.29, 0.717) is 19.6 Å². The standard InChI is InChI=1S/C21H23N5O2/c22-12-16-4-3-10-26(16)20(27)14-25-11-8-15(13-25)21(28)24-19-7-9-23-18-6-2-1-5-17(18)19/h1-2,5-7,9,15-16H,3-4,8,10-11,13-14H2,(H,23,24,28)/t15-,16?/m0/s1. The summed E-state index contributed by atoms with van der Waals surface area (Å²) < 4.78 is 0. The average Bonchev–Trinajstić information content (AvgIpc) is 3.37. The highest BCUT2D eigenvalue weighted by molar-refractivity contribution is 6.01. The third-order valence-electron chi connectivity index (χ3n) is 5.63. The van der Waals surface area contributed by atoms with Gasteiger partial charge in [-0.1, -0.05) is 18.2 Å². The number of amides is 2. The van der Waals surface area contributed by atoms with Crippen molar-refractivity contribution in [1.29, 1.82) is 5.26 Å². The Kier molecular flexibility index (Phi) is 5.22. The van der Waals surface area contributed by atoms with E-state index in [4.69, 9.17) is 5.26 Å². The molecule has 0 bridgehead atoms. The number of fused-ring (bicyclic) bond motifs is 1. The van der Waals surface area contributed by atoms with Gasteiger partial charge in [-0.15, -0.1) is 0 Å². The summed E-state index contributed by atoms with van der Waals surface area (Å²) in [6, 6.07) is 11.4. The van der Waals surface area contributed by atoms with Crippen molar-refractivity contribution >= 4 is 28.4 Å². The van der Waals surface area contributed by atoms with Gasteiger partial charge in [-0.2, -0.15) is 5.26 Å². The van der Waals surface area contributed by atoms with Crippen LogP contribution in [0.25, 0.3) is 10.9 Å². The van der Waals surface area contributed by atoms with E-state index in [1.54, 1.807) is 11.1 Å². The molecule has 1 N–H and O–H groups in total. The molecule has 1 aromatic carbocycles. The topological polar surface area (TPSA) is 89.3 Å². The van der Waals surface area contributed by atoms with Crippen molar-refractivity contribution in [3.63, 3.8) is 0 Å². The van der Waals surface area contributed by atoms with Crippen LogP contribution in [0, 0.1) is 17.2 Å². The Bertz CT molecular complexity index is 933. The van der Waals surface area contributed by atoms with E-state index in [1.165, 1.54) is 0 Å². The molecule has 2 aromatic rings. The average molecular weight is 377 g/mol. The van der Waals surface area contributed by atoms with Crippen LogP contribution in [0.2, 0.25) is 0 Å². The zero-order chi connectivity index (χ0) is 19.5. The normalized spacial score (nSPS) is 22.3. The minimum atomic E-state index is -0.297. The lowest BCUT2D eigenvalue weighted by molar-refractivity contribution is -0.132. The summed E-state index contributed by atoms with van der Waals surface area (Å²) >= 11 is 0. The number of likely N-dealkylation sites (tertiary alicyclic amines) is 2. The molecule has 2 fully saturated rings. The summed E-state index contributed by atoms with van der Waals surface area (Å²) in [6.07, 6.45) is 4.06. The predicted molar refractivity (Wildman–Crippen MR) is 105 cm³/mol. The lowest BCUT2D eigenvalue weighted by Crippen LogP contribution is -2.42. The van der Waals surface area contributed by atoms with Crippen LogP contribution >= 0.6 is 0 Å². The predicted octanol–water partition coefficient (Wildman–Crippen LogP) is 2.01. The minimum Gasteiger partial charge on any atom is -0.326 e. The van der Waals surface area contributed by atoms with Crippen LogP contribution in [-0.2, 0) is 9.59 Å². The van der Waals surface area contributed by atoms with Gasteiger partial charge in [-0.05, 0) is 37.9 Å². The first kappa shape index (κ1) is 18.4. The van der Waals surface area contributed by atoms with Crippen molar-refractivity contribution in [2.75, 3.05) is 31.5 Å². The van der Waals surface area contributed by atoms with Gasteiger partial charge in [-0.25, -0.2) is 0 Å². The summed E-state index contributed by atoms with van der Waals surface area (Å²) in [5, 5.41) is 13.1. The molecule has 1 unspecified atom stereocenters. The molecule has 7 nitrogen and oxygen atoms in total. The summed E-state index contributed by atoms with van der Waals surface area (Å²) in [6.45, 7) is 2.21. The molecule has 7 heteroatoms. The van der Waals surface area contributed by atoms with E-state index in [2.05, 4.69) is 16.4 Å². The highest BCUT2D eigenvalue weighted by atomic mass is 16.2. The number of nitriles is 1. The first-order valence-corrected chi connectivity index (χ1v) is 9.72. The van der Waals surface area contributed by atoms with Gasteiger partial charge in [0.2, 0.25) is 11.8 Å². The van der Waals surface area contributed by atoms with Gasteiger partial charge in [0.1, 0.15) is 6.04 Å². The molecule has 0 spiro atoms. The van der Waals surface area contributed by atoms with Crippen LogP contribution in [0.15, 0.2) is 36.5 Å². The SMILES string of the molecule is N#CC1CCCN1C(=O)CN1CC[C@H](C(=O)Nc2ccnc3ccccc23)C1. The lowest BCUT2D eigenvalue weighted by atomic mass is 10.1. The highest BCUT2D eigenvalue weighted by Crippen LogP contribution is 2.24. The third kappa shape index (κ3) is 3.69. The first-order valence-electron chi connectivity index (χ1n) is 9.72. The van der Waals surface area contributed by atoms with Gasteiger partial charge < -0.3 is 10.2 Å². The fraction of sp³-hybridized carbons (Fsp3) is 0.429. The Morgan fingerprint density at radius 2 is 2.07 bits per heavy atom. The number of carbonyl (C=O) groups is 2. The zero-order valence-corrected chi connectivity index (χ0v) is 15.7. The summed E-state index contributed by atoms with van der Waals surface area (Å²) in [7, 11) is 0. The number of hydrogen-bond acceptors (Lipinski definition) is 5. The number of carbonyl (C=O) groups excluding carboxylic acids is 2. The van der Waals surface area contributed by atoms with Crippen LogP contribution in [0.3, 0.4) is 0 Å². The van der Waals surface area contributed by atoms with E-state index in [-0.39, 0.29) is 30.3 Å². The molecular formula is C21H23N5O2. The van der Waals surface area contributed by atoms with Crippen molar-refractivity contribution in [3.05, 3.63) is 36.5 Å². The molecule has 3 heterocycles. The molecule has 4 rings (SSSR count). The monoisotopic (exact) mass is 377 g/mol. The second-order valence-electron chi connectivity index (χ2n) is 7.46. The number of hydrogen-bond donors (Lipinski definition) is 1. The number of nitrogens with one attached hydrogen (secondary N) is 1. The molecule has 28 heavy (non-hydrogen) atoms. The van der Waals surface area contributed by atoms with Crippen LogP contribution in [0.1, 0.15) is 19.3 Å². The third-order valence-corrected chi connectivity index (χ3v) is 5.63. The zero-order valence-electron chi connectivity index (χ0n) is 15.7. The fourth-order valence-corrected chi connectivity index (χ4v) is 4.11. The number of rotatable bonds is 4. The number of aromatic nitrogens is 1. The lowest BCUT2D eigenvalue weighted by Gasteiger charge is -2.23. The number of pyridine rings is 1. The maximum absolute atomic E-state index is 12.7. The van der Waals surface area contributed by atoms with Gasteiger partial charge in [-0.3, -0.25) is 19.5 Å². The smallest absolute Gasteiger partial charge is 0.237 e. The Balaban J connectivity index is 1.35. The largest absolute Gasteiger partial charge is 0.326 e. The van der Waals surface area contributed by atoms with Crippen molar-refractivity contribution in [3.8, 4) is 6.07 Å².